The number of aromatic hydroxyl groups is 1. The predicted molar refractivity (Wildman–Crippen MR) is 91.2 cm³/mol. The van der Waals surface area contributed by atoms with Crippen LogP contribution in [0.25, 0.3) is 0 Å². The van der Waals surface area contributed by atoms with Crippen LogP contribution < -0.4 is 4.74 Å². The van der Waals surface area contributed by atoms with Crippen LogP contribution in [0.1, 0.15) is 69.1 Å². The molecule has 0 saturated heterocycles. The Morgan fingerprint density at radius 2 is 1.96 bits per heavy atom. The van der Waals surface area contributed by atoms with Crippen LogP contribution in [0.2, 0.25) is 0 Å². The number of hydrogen-bond acceptors (Lipinski definition) is 4. The van der Waals surface area contributed by atoms with Crippen molar-refractivity contribution in [1.82, 2.24) is 0 Å². The van der Waals surface area contributed by atoms with E-state index in [1.54, 1.807) is 6.07 Å². The number of fused-ring (bicyclic) bond motifs is 5. The van der Waals surface area contributed by atoms with E-state index in [9.17, 15) is 15.3 Å². The lowest BCUT2D eigenvalue weighted by atomic mass is 9.55. The minimum atomic E-state index is -0.539. The summed E-state index contributed by atoms with van der Waals surface area (Å²) >= 11 is 0. The van der Waals surface area contributed by atoms with Crippen LogP contribution in [0.5, 0.6) is 11.5 Å². The maximum absolute atomic E-state index is 10.7. The maximum atomic E-state index is 10.7. The third kappa shape index (κ3) is 2.19. The summed E-state index contributed by atoms with van der Waals surface area (Å²) in [5.41, 5.74) is 2.00. The molecule has 3 aliphatic rings. The van der Waals surface area contributed by atoms with Crippen molar-refractivity contribution in [1.29, 1.82) is 0 Å². The van der Waals surface area contributed by atoms with Gasteiger partial charge < -0.3 is 20.1 Å². The van der Waals surface area contributed by atoms with Crippen LogP contribution in [0, 0.1) is 17.3 Å². The van der Waals surface area contributed by atoms with E-state index in [1.165, 1.54) is 0 Å². The Kier molecular flexibility index (Phi) is 3.81. The van der Waals surface area contributed by atoms with Gasteiger partial charge in [-0.15, -0.1) is 0 Å². The summed E-state index contributed by atoms with van der Waals surface area (Å²) in [7, 11) is 0. The number of aliphatic hydroxyl groups excluding tert-OH is 2. The molecule has 2 fully saturated rings. The lowest BCUT2D eigenvalue weighted by Crippen LogP contribution is -2.44. The topological polar surface area (TPSA) is 69.9 Å². The summed E-state index contributed by atoms with van der Waals surface area (Å²) in [5, 5.41) is 31.3. The molecule has 6 atom stereocenters. The van der Waals surface area contributed by atoms with Gasteiger partial charge in [0.2, 0.25) is 0 Å². The fourth-order valence-corrected chi connectivity index (χ4v) is 5.84. The Morgan fingerprint density at radius 1 is 1.17 bits per heavy atom. The molecule has 3 N–H and O–H groups in total. The van der Waals surface area contributed by atoms with Gasteiger partial charge in [-0.05, 0) is 85.5 Å². The van der Waals surface area contributed by atoms with Gasteiger partial charge >= 0.3 is 0 Å². The third-order valence-corrected chi connectivity index (χ3v) is 7.11. The first-order valence-electron chi connectivity index (χ1n) is 9.31. The van der Waals surface area contributed by atoms with E-state index >= 15 is 0 Å². The van der Waals surface area contributed by atoms with Crippen molar-refractivity contribution in [3.8, 4) is 11.5 Å². The molecule has 0 spiro atoms. The van der Waals surface area contributed by atoms with Crippen LogP contribution in [-0.4, -0.2) is 28.0 Å². The summed E-state index contributed by atoms with van der Waals surface area (Å²) in [6, 6.07) is 3.64. The Balaban J connectivity index is 1.75. The molecule has 0 aliphatic heterocycles. The number of aliphatic hydroxyl groups is 2. The van der Waals surface area contributed by atoms with Gasteiger partial charge in [-0.2, -0.15) is 0 Å². The summed E-state index contributed by atoms with van der Waals surface area (Å²) < 4.78 is 5.57. The standard InChI is InChI=1S/C20H28O4/c1-3-24-18-10-12-11-6-7-20(2)15(4-5-19(20)23)13(11)8-16(21)14(12)9-17(18)22/h9-11,13,15-16,19,21-23H,3-8H2,1-2H3/t11-,13-,15+,16?,19+,20+/m1/s1. The van der Waals surface area contributed by atoms with Crippen LogP contribution in [0.4, 0.5) is 0 Å². The van der Waals surface area contributed by atoms with Gasteiger partial charge in [0.15, 0.2) is 11.5 Å². The van der Waals surface area contributed by atoms with Crippen molar-refractivity contribution < 1.29 is 20.1 Å². The zero-order valence-electron chi connectivity index (χ0n) is 14.5. The molecular formula is C20H28O4. The zero-order chi connectivity index (χ0) is 17.1. The van der Waals surface area contributed by atoms with Gasteiger partial charge in [-0.1, -0.05) is 6.92 Å². The Hall–Kier alpha value is -1.26. The van der Waals surface area contributed by atoms with E-state index in [2.05, 4.69) is 6.92 Å². The average Bonchev–Trinajstić information content (AvgIpc) is 2.85. The van der Waals surface area contributed by atoms with Crippen LogP contribution in [0.3, 0.4) is 0 Å². The molecule has 1 aromatic rings. The average molecular weight is 332 g/mol. The van der Waals surface area contributed by atoms with Crippen molar-refractivity contribution >= 4 is 0 Å². The molecule has 0 heterocycles. The number of hydrogen-bond donors (Lipinski definition) is 3. The van der Waals surface area contributed by atoms with E-state index < -0.39 is 6.10 Å². The van der Waals surface area contributed by atoms with E-state index in [4.69, 9.17) is 4.74 Å². The van der Waals surface area contributed by atoms with Gasteiger partial charge in [0, 0.05) is 0 Å². The molecule has 2 saturated carbocycles. The van der Waals surface area contributed by atoms with Crippen LogP contribution in [-0.2, 0) is 0 Å². The number of benzene rings is 1. The summed E-state index contributed by atoms with van der Waals surface area (Å²) in [5.74, 6) is 1.90. The predicted octanol–water partition coefficient (Wildman–Crippen LogP) is 3.50. The lowest BCUT2D eigenvalue weighted by Gasteiger charge is -2.51. The monoisotopic (exact) mass is 332 g/mol. The molecule has 24 heavy (non-hydrogen) atoms. The SMILES string of the molecule is CCOc1cc2c(cc1O)C(O)C[C@@H]1[C@@H]2CC[C@]2(C)[C@@H](O)CC[C@@H]12. The maximum Gasteiger partial charge on any atom is 0.161 e. The molecule has 3 aliphatic carbocycles. The third-order valence-electron chi connectivity index (χ3n) is 7.11. The van der Waals surface area contributed by atoms with Crippen LogP contribution >= 0.6 is 0 Å². The summed E-state index contributed by atoms with van der Waals surface area (Å²) in [4.78, 5) is 0. The van der Waals surface area contributed by atoms with E-state index in [0.29, 0.717) is 30.1 Å². The van der Waals surface area contributed by atoms with Gasteiger partial charge in [0.1, 0.15) is 0 Å². The Bertz CT molecular complexity index is 643. The molecule has 4 heteroatoms. The van der Waals surface area contributed by atoms with Crippen molar-refractivity contribution in [3.05, 3.63) is 23.3 Å². The molecule has 0 aromatic heterocycles. The molecule has 132 valence electrons. The molecular weight excluding hydrogens is 304 g/mol. The number of rotatable bonds is 2. The first-order valence-corrected chi connectivity index (χ1v) is 9.31. The molecule has 0 amide bonds. The highest BCUT2D eigenvalue weighted by Gasteiger charge is 2.55. The van der Waals surface area contributed by atoms with E-state index in [-0.39, 0.29) is 17.3 Å². The normalized spacial score (nSPS) is 40.6. The zero-order valence-corrected chi connectivity index (χ0v) is 14.5. The van der Waals surface area contributed by atoms with Gasteiger partial charge in [0.25, 0.3) is 0 Å². The highest BCUT2D eigenvalue weighted by atomic mass is 16.5. The fraction of sp³-hybridized carbons (Fsp3) is 0.700. The highest BCUT2D eigenvalue weighted by molar-refractivity contribution is 5.50. The van der Waals surface area contributed by atoms with Crippen molar-refractivity contribution in [3.63, 3.8) is 0 Å². The first-order chi connectivity index (χ1) is 11.5. The molecule has 4 rings (SSSR count). The second kappa shape index (κ2) is 5.63. The second-order valence-corrected chi connectivity index (χ2v) is 8.15. The number of phenols is 1. The fourth-order valence-electron chi connectivity index (χ4n) is 5.84. The molecule has 1 unspecified atom stereocenters. The van der Waals surface area contributed by atoms with Gasteiger partial charge in [-0.25, -0.2) is 0 Å². The summed E-state index contributed by atoms with van der Waals surface area (Å²) in [6.45, 7) is 4.65. The van der Waals surface area contributed by atoms with Crippen molar-refractivity contribution in [2.24, 2.45) is 17.3 Å². The van der Waals surface area contributed by atoms with Crippen molar-refractivity contribution in [2.45, 2.75) is 64.1 Å². The van der Waals surface area contributed by atoms with Gasteiger partial charge in [0.05, 0.1) is 18.8 Å². The molecule has 0 radical (unpaired) electrons. The molecule has 1 aromatic carbocycles. The lowest BCUT2D eigenvalue weighted by molar-refractivity contribution is -0.0372. The molecule has 0 bridgehead atoms. The Labute approximate surface area is 143 Å². The first kappa shape index (κ1) is 16.2. The minimum Gasteiger partial charge on any atom is -0.504 e. The van der Waals surface area contributed by atoms with E-state index in [1.807, 2.05) is 13.0 Å². The van der Waals surface area contributed by atoms with Crippen molar-refractivity contribution in [2.75, 3.05) is 6.61 Å². The number of phenolic OH excluding ortho intramolecular Hbond substituents is 1. The van der Waals surface area contributed by atoms with Crippen LogP contribution in [0.15, 0.2) is 12.1 Å². The van der Waals surface area contributed by atoms with E-state index in [0.717, 1.165) is 43.2 Å². The minimum absolute atomic E-state index is 0.00193. The smallest absolute Gasteiger partial charge is 0.161 e. The van der Waals surface area contributed by atoms with Gasteiger partial charge in [-0.3, -0.25) is 0 Å². The molecule has 4 nitrogen and oxygen atoms in total. The quantitative estimate of drug-likeness (QED) is 0.775. The largest absolute Gasteiger partial charge is 0.504 e. The number of ether oxygens (including phenoxy) is 1. The highest BCUT2D eigenvalue weighted by Crippen LogP contribution is 2.62. The summed E-state index contributed by atoms with van der Waals surface area (Å²) in [6.07, 6.45) is 3.98. The second-order valence-electron chi connectivity index (χ2n) is 8.15. The Morgan fingerprint density at radius 3 is 2.71 bits per heavy atom.